The van der Waals surface area contributed by atoms with Gasteiger partial charge in [-0.25, -0.2) is 4.98 Å². The Morgan fingerprint density at radius 3 is 2.46 bits per heavy atom. The summed E-state index contributed by atoms with van der Waals surface area (Å²) < 4.78 is 82.2. The van der Waals surface area contributed by atoms with Gasteiger partial charge in [0.05, 0.1) is 32.7 Å². The van der Waals surface area contributed by atoms with Crippen molar-refractivity contribution in [1.82, 2.24) is 14.9 Å². The minimum Gasteiger partial charge on any atom is -0.371 e. The first-order chi connectivity index (χ1) is 19.2. The summed E-state index contributed by atoms with van der Waals surface area (Å²) in [5, 5.41) is 5.76. The Morgan fingerprint density at radius 1 is 1.10 bits per heavy atom. The van der Waals surface area contributed by atoms with E-state index in [1.807, 2.05) is 0 Å². The lowest BCUT2D eigenvalue weighted by molar-refractivity contribution is -0.243. The fourth-order valence-corrected chi connectivity index (χ4v) is 5.97. The number of nitrogens with zero attached hydrogens (tertiary/aromatic N) is 3. The van der Waals surface area contributed by atoms with E-state index in [0.29, 0.717) is 47.6 Å². The lowest BCUT2D eigenvalue weighted by Crippen LogP contribution is -2.54. The van der Waals surface area contributed by atoms with Gasteiger partial charge in [0.1, 0.15) is 5.41 Å². The number of alkyl halides is 6. The highest BCUT2D eigenvalue weighted by atomic mass is 35.5. The molecule has 1 aliphatic heterocycles. The maximum Gasteiger partial charge on any atom is 0.403 e. The zero-order valence-corrected chi connectivity index (χ0v) is 23.4. The topological polar surface area (TPSA) is 62.2 Å². The molecule has 0 radical (unpaired) electrons. The van der Waals surface area contributed by atoms with E-state index in [4.69, 9.17) is 23.2 Å². The van der Waals surface area contributed by atoms with E-state index in [1.165, 1.54) is 12.1 Å². The van der Waals surface area contributed by atoms with Crippen molar-refractivity contribution in [3.63, 3.8) is 0 Å². The van der Waals surface area contributed by atoms with E-state index in [-0.39, 0.29) is 48.1 Å². The second-order valence-corrected chi connectivity index (χ2v) is 11.4. The maximum absolute atomic E-state index is 13.5. The van der Waals surface area contributed by atoms with E-state index in [0.717, 1.165) is 0 Å². The molecule has 222 valence electrons. The van der Waals surface area contributed by atoms with E-state index in [2.05, 4.69) is 15.6 Å². The van der Waals surface area contributed by atoms with Gasteiger partial charge in [0, 0.05) is 32.4 Å². The first-order valence-electron chi connectivity index (χ1n) is 13.1. The summed E-state index contributed by atoms with van der Waals surface area (Å²) in [5.41, 5.74) is 0.120. The van der Waals surface area contributed by atoms with E-state index < -0.39 is 29.6 Å². The van der Waals surface area contributed by atoms with E-state index in [9.17, 15) is 31.1 Å². The van der Waals surface area contributed by atoms with Gasteiger partial charge in [0.2, 0.25) is 11.9 Å². The maximum atomic E-state index is 13.5. The highest BCUT2D eigenvalue weighted by Gasteiger charge is 2.63. The number of benzene rings is 2. The second-order valence-electron chi connectivity index (χ2n) is 10.6. The molecule has 1 unspecified atom stereocenters. The predicted molar refractivity (Wildman–Crippen MR) is 146 cm³/mol. The molecule has 2 N–H and O–H groups in total. The third-order valence-electron chi connectivity index (χ3n) is 8.15. The zero-order chi connectivity index (χ0) is 29.7. The van der Waals surface area contributed by atoms with Crippen LogP contribution in [-0.2, 0) is 18.4 Å². The molecule has 5 rings (SSSR count). The molecular formula is C27H27Cl2F6N5O. The average Bonchev–Trinajstić information content (AvgIpc) is 3.18. The number of fused-ring (bicyclic) bond motifs is 1. The Kier molecular flexibility index (Phi) is 7.78. The largest absolute Gasteiger partial charge is 0.403 e. The SMILES string of the molecule is Cn1c(Nc2c(Cl)ccc(CNC(=O)C3(C(F)(F)F)CCC3)c2Cl)nc2ccc(N3CCCC(C(F)(F)F)C3)cc21. The Bertz CT molecular complexity index is 1470. The lowest BCUT2D eigenvalue weighted by Gasteiger charge is -2.41. The number of nitrogens with one attached hydrogen (secondary N) is 2. The number of imidazole rings is 1. The average molecular weight is 622 g/mol. The number of amides is 1. The van der Waals surface area contributed by atoms with Crippen LogP contribution in [0, 0.1) is 11.3 Å². The number of hydrogen-bond acceptors (Lipinski definition) is 4. The van der Waals surface area contributed by atoms with Crippen LogP contribution in [0.1, 0.15) is 37.7 Å². The normalized spacial score (nSPS) is 19.2. The molecule has 2 aromatic carbocycles. The number of carbonyl (C=O) groups excluding carboxylic acids is 1. The summed E-state index contributed by atoms with van der Waals surface area (Å²) >= 11 is 13.0. The van der Waals surface area contributed by atoms with Crippen molar-refractivity contribution < 1.29 is 31.1 Å². The summed E-state index contributed by atoms with van der Waals surface area (Å²) in [5.74, 6) is -2.14. The molecule has 0 spiro atoms. The number of rotatable bonds is 6. The zero-order valence-electron chi connectivity index (χ0n) is 21.9. The smallest absolute Gasteiger partial charge is 0.371 e. The fourth-order valence-electron chi connectivity index (χ4n) is 5.44. The van der Waals surface area contributed by atoms with Gasteiger partial charge in [0.15, 0.2) is 0 Å². The molecular weight excluding hydrogens is 595 g/mol. The van der Waals surface area contributed by atoms with Crippen LogP contribution >= 0.6 is 23.2 Å². The monoisotopic (exact) mass is 621 g/mol. The first-order valence-corrected chi connectivity index (χ1v) is 13.8. The molecule has 1 atom stereocenters. The van der Waals surface area contributed by atoms with E-state index >= 15 is 0 Å². The van der Waals surface area contributed by atoms with Gasteiger partial charge in [0.25, 0.3) is 0 Å². The molecule has 1 aliphatic carbocycles. The van der Waals surface area contributed by atoms with Gasteiger partial charge in [-0.2, -0.15) is 26.3 Å². The molecule has 41 heavy (non-hydrogen) atoms. The van der Waals surface area contributed by atoms with Gasteiger partial charge in [-0.15, -0.1) is 0 Å². The third-order valence-corrected chi connectivity index (χ3v) is 8.89. The molecule has 2 aliphatic rings. The Balaban J connectivity index is 1.35. The number of aromatic nitrogens is 2. The summed E-state index contributed by atoms with van der Waals surface area (Å²) in [6, 6.07) is 8.26. The number of hydrogen-bond donors (Lipinski definition) is 2. The van der Waals surface area contributed by atoms with Crippen molar-refractivity contribution in [2.24, 2.45) is 18.4 Å². The van der Waals surface area contributed by atoms with Crippen molar-refractivity contribution in [1.29, 1.82) is 0 Å². The highest BCUT2D eigenvalue weighted by molar-refractivity contribution is 6.39. The Labute approximate surface area is 242 Å². The summed E-state index contributed by atoms with van der Waals surface area (Å²) in [6.07, 6.45) is -8.52. The Hall–Kier alpha value is -2.86. The second kappa shape index (κ2) is 10.8. The molecule has 3 aromatic rings. The number of anilines is 3. The predicted octanol–water partition coefficient (Wildman–Crippen LogP) is 7.75. The van der Waals surface area contributed by atoms with Gasteiger partial charge in [-0.05, 0) is 55.5 Å². The lowest BCUT2D eigenvalue weighted by atomic mass is 9.67. The van der Waals surface area contributed by atoms with Crippen molar-refractivity contribution in [3.8, 4) is 0 Å². The number of piperidine rings is 1. The molecule has 1 saturated carbocycles. The van der Waals surface area contributed by atoms with Gasteiger partial charge < -0.3 is 20.1 Å². The number of halogens is 8. The fraction of sp³-hybridized carbons (Fsp3) is 0.481. The van der Waals surface area contributed by atoms with Gasteiger partial charge in [-0.1, -0.05) is 35.7 Å². The molecule has 1 aromatic heterocycles. The molecule has 2 fully saturated rings. The Morgan fingerprint density at radius 2 is 1.83 bits per heavy atom. The highest BCUT2D eigenvalue weighted by Crippen LogP contribution is 2.53. The minimum atomic E-state index is -4.64. The van der Waals surface area contributed by atoms with Crippen LogP contribution in [0.2, 0.25) is 10.0 Å². The van der Waals surface area contributed by atoms with Crippen molar-refractivity contribution >= 4 is 57.5 Å². The number of carbonyl (C=O) groups is 1. The first kappa shape index (κ1) is 29.6. The van der Waals surface area contributed by atoms with Crippen LogP contribution in [0.4, 0.5) is 43.7 Å². The molecule has 1 amide bonds. The molecule has 2 heterocycles. The molecule has 1 saturated heterocycles. The molecule has 0 bridgehead atoms. The van der Waals surface area contributed by atoms with Crippen LogP contribution < -0.4 is 15.5 Å². The number of aryl methyl sites for hydroxylation is 1. The standard InChI is InChI=1S/C27H27Cl2F6N5O/c1-39-20-12-17(40-11-2-4-16(14-40)26(30,31)32)6-8-19(20)37-24(39)38-22-18(28)7-5-15(21(22)29)13-36-23(41)25(9-3-10-25)27(33,34)35/h5-8,12,16H,2-4,9-11,13-14H2,1H3,(H,36,41)(H,37,38). The van der Waals surface area contributed by atoms with Crippen molar-refractivity contribution in [3.05, 3.63) is 45.9 Å². The van der Waals surface area contributed by atoms with Crippen LogP contribution in [0.3, 0.4) is 0 Å². The summed E-state index contributed by atoms with van der Waals surface area (Å²) in [4.78, 5) is 18.8. The van der Waals surface area contributed by atoms with Gasteiger partial charge >= 0.3 is 12.4 Å². The summed E-state index contributed by atoms with van der Waals surface area (Å²) in [7, 11) is 1.72. The third kappa shape index (κ3) is 5.52. The summed E-state index contributed by atoms with van der Waals surface area (Å²) in [6.45, 7) is 0.165. The minimum absolute atomic E-state index is 0.103. The molecule has 6 nitrogen and oxygen atoms in total. The van der Waals surface area contributed by atoms with Crippen molar-refractivity contribution in [2.75, 3.05) is 23.3 Å². The quantitative estimate of drug-likeness (QED) is 0.276. The van der Waals surface area contributed by atoms with Crippen molar-refractivity contribution in [2.45, 2.75) is 51.0 Å². The van der Waals surface area contributed by atoms with E-state index in [1.54, 1.807) is 34.7 Å². The van der Waals surface area contributed by atoms with Crippen LogP contribution in [0.25, 0.3) is 11.0 Å². The van der Waals surface area contributed by atoms with Crippen LogP contribution in [-0.4, -0.2) is 40.9 Å². The van der Waals surface area contributed by atoms with Crippen LogP contribution in [0.15, 0.2) is 30.3 Å². The van der Waals surface area contributed by atoms with Gasteiger partial charge in [-0.3, -0.25) is 4.79 Å². The molecule has 14 heteroatoms. The van der Waals surface area contributed by atoms with Crippen LogP contribution in [0.5, 0.6) is 0 Å².